The monoisotopic (exact) mass is 264 g/mol. The van der Waals surface area contributed by atoms with Crippen LogP contribution in [0.3, 0.4) is 0 Å². The molecule has 1 atom stereocenters. The molecule has 1 heterocycles. The van der Waals surface area contributed by atoms with Gasteiger partial charge in [0.05, 0.1) is 0 Å². The van der Waals surface area contributed by atoms with Crippen molar-refractivity contribution in [2.75, 3.05) is 17.6 Å². The van der Waals surface area contributed by atoms with Crippen molar-refractivity contribution >= 4 is 11.6 Å². The van der Waals surface area contributed by atoms with Gasteiger partial charge in [0.2, 0.25) is 0 Å². The minimum Gasteiger partial charge on any atom is -0.383 e. The molecule has 108 valence electrons. The summed E-state index contributed by atoms with van der Waals surface area (Å²) in [7, 11) is 0. The molecule has 0 bridgehead atoms. The first-order chi connectivity index (χ1) is 8.62. The highest BCUT2D eigenvalue weighted by atomic mass is 15.1. The van der Waals surface area contributed by atoms with Crippen LogP contribution < -0.4 is 11.1 Å². The highest BCUT2D eigenvalue weighted by molar-refractivity contribution is 5.55. The van der Waals surface area contributed by atoms with Crippen LogP contribution in [0, 0.1) is 18.8 Å². The number of nitrogen functional groups attached to an aromatic ring is 1. The molecule has 0 saturated heterocycles. The van der Waals surface area contributed by atoms with E-state index in [-0.39, 0.29) is 5.41 Å². The summed E-state index contributed by atoms with van der Waals surface area (Å²) in [6.07, 6.45) is 0. The van der Waals surface area contributed by atoms with Crippen LogP contribution in [-0.2, 0) is 5.41 Å². The molecule has 0 fully saturated rings. The zero-order chi connectivity index (χ0) is 14.8. The molecule has 0 amide bonds. The normalized spacial score (nSPS) is 13.7. The van der Waals surface area contributed by atoms with E-state index < -0.39 is 0 Å². The summed E-state index contributed by atoms with van der Waals surface area (Å²) in [6, 6.07) is 0. The predicted octanol–water partition coefficient (Wildman–Crippen LogP) is 3.37. The number of aromatic nitrogens is 2. The van der Waals surface area contributed by atoms with Gasteiger partial charge in [-0.3, -0.25) is 0 Å². The van der Waals surface area contributed by atoms with Gasteiger partial charge in [-0.25, -0.2) is 9.97 Å². The lowest BCUT2D eigenvalue weighted by atomic mass is 9.95. The van der Waals surface area contributed by atoms with Crippen molar-refractivity contribution in [2.45, 2.75) is 53.9 Å². The molecule has 1 aromatic heterocycles. The van der Waals surface area contributed by atoms with Crippen LogP contribution in [0.25, 0.3) is 0 Å². The van der Waals surface area contributed by atoms with Gasteiger partial charge in [-0.1, -0.05) is 41.5 Å². The van der Waals surface area contributed by atoms with Crippen molar-refractivity contribution in [1.29, 1.82) is 0 Å². The summed E-state index contributed by atoms with van der Waals surface area (Å²) in [5.41, 5.74) is 6.83. The third-order valence-corrected chi connectivity index (χ3v) is 3.58. The number of nitrogens with zero attached hydrogens (tertiary/aromatic N) is 2. The Bertz CT molecular complexity index is 433. The van der Waals surface area contributed by atoms with E-state index in [1.807, 2.05) is 6.92 Å². The maximum atomic E-state index is 5.99. The first kappa shape index (κ1) is 15.7. The fraction of sp³-hybridized carbons (Fsp3) is 0.733. The molecule has 0 saturated carbocycles. The minimum atomic E-state index is -0.0953. The van der Waals surface area contributed by atoms with E-state index in [0.29, 0.717) is 17.7 Å². The Labute approximate surface area is 117 Å². The smallest absolute Gasteiger partial charge is 0.138 e. The van der Waals surface area contributed by atoms with Gasteiger partial charge < -0.3 is 11.1 Å². The van der Waals surface area contributed by atoms with Crippen LogP contribution >= 0.6 is 0 Å². The molecule has 0 spiro atoms. The molecule has 0 aliphatic heterocycles. The Balaban J connectivity index is 2.97. The maximum absolute atomic E-state index is 5.99. The van der Waals surface area contributed by atoms with Crippen LogP contribution in [0.2, 0.25) is 0 Å². The lowest BCUT2D eigenvalue weighted by Crippen LogP contribution is -2.22. The molecule has 1 aromatic rings. The summed E-state index contributed by atoms with van der Waals surface area (Å²) in [5.74, 6) is 3.46. The number of nitrogens with one attached hydrogen (secondary N) is 1. The molecule has 19 heavy (non-hydrogen) atoms. The summed E-state index contributed by atoms with van der Waals surface area (Å²) < 4.78 is 0. The van der Waals surface area contributed by atoms with Crippen LogP contribution in [0.15, 0.2) is 0 Å². The van der Waals surface area contributed by atoms with Crippen molar-refractivity contribution in [3.63, 3.8) is 0 Å². The standard InChI is InChI=1S/C15H28N4/c1-9(2)10(3)8-17-13-11(4)12(16)18-14(19-13)15(5,6)7/h9-10H,8H2,1-7H3,(H3,16,17,18,19). The molecule has 0 aromatic carbocycles. The molecule has 1 rings (SSSR count). The fourth-order valence-electron chi connectivity index (χ4n) is 1.53. The number of hydrogen-bond acceptors (Lipinski definition) is 4. The van der Waals surface area contributed by atoms with Crippen molar-refractivity contribution in [1.82, 2.24) is 9.97 Å². The molecule has 4 heteroatoms. The Morgan fingerprint density at radius 1 is 1.16 bits per heavy atom. The molecular weight excluding hydrogens is 236 g/mol. The van der Waals surface area contributed by atoms with Crippen molar-refractivity contribution in [3.8, 4) is 0 Å². The van der Waals surface area contributed by atoms with Gasteiger partial charge in [-0.15, -0.1) is 0 Å². The lowest BCUT2D eigenvalue weighted by molar-refractivity contribution is 0.439. The molecule has 0 aliphatic rings. The molecule has 4 nitrogen and oxygen atoms in total. The zero-order valence-electron chi connectivity index (χ0n) is 13.3. The predicted molar refractivity (Wildman–Crippen MR) is 82.4 cm³/mol. The average Bonchev–Trinajstić information content (AvgIpc) is 2.28. The second kappa shape index (κ2) is 5.76. The van der Waals surface area contributed by atoms with Crippen LogP contribution in [-0.4, -0.2) is 16.5 Å². The van der Waals surface area contributed by atoms with E-state index in [1.165, 1.54) is 0 Å². The van der Waals surface area contributed by atoms with Crippen molar-refractivity contribution in [3.05, 3.63) is 11.4 Å². The summed E-state index contributed by atoms with van der Waals surface area (Å²) >= 11 is 0. The second-order valence-electron chi connectivity index (χ2n) is 6.76. The molecule has 3 N–H and O–H groups in total. The minimum absolute atomic E-state index is 0.0953. The van der Waals surface area contributed by atoms with Crippen molar-refractivity contribution < 1.29 is 0 Å². The third kappa shape index (κ3) is 4.08. The Kier molecular flexibility index (Phi) is 4.77. The average molecular weight is 264 g/mol. The number of anilines is 2. The topological polar surface area (TPSA) is 63.8 Å². The lowest BCUT2D eigenvalue weighted by Gasteiger charge is -2.21. The highest BCUT2D eigenvalue weighted by Crippen LogP contribution is 2.25. The Morgan fingerprint density at radius 3 is 2.21 bits per heavy atom. The maximum Gasteiger partial charge on any atom is 0.138 e. The van der Waals surface area contributed by atoms with Gasteiger partial charge in [0.25, 0.3) is 0 Å². The summed E-state index contributed by atoms with van der Waals surface area (Å²) in [4.78, 5) is 9.03. The van der Waals surface area contributed by atoms with E-state index in [2.05, 4.69) is 56.8 Å². The van der Waals surface area contributed by atoms with Gasteiger partial charge in [-0.2, -0.15) is 0 Å². The largest absolute Gasteiger partial charge is 0.383 e. The van der Waals surface area contributed by atoms with E-state index in [1.54, 1.807) is 0 Å². The van der Waals surface area contributed by atoms with E-state index in [9.17, 15) is 0 Å². The van der Waals surface area contributed by atoms with Gasteiger partial charge in [0.15, 0.2) is 0 Å². The quantitative estimate of drug-likeness (QED) is 0.875. The van der Waals surface area contributed by atoms with E-state index in [4.69, 9.17) is 5.73 Å². The summed E-state index contributed by atoms with van der Waals surface area (Å²) in [6.45, 7) is 15.8. The Morgan fingerprint density at radius 2 is 1.74 bits per heavy atom. The molecule has 1 unspecified atom stereocenters. The van der Waals surface area contributed by atoms with Crippen molar-refractivity contribution in [2.24, 2.45) is 11.8 Å². The molecule has 0 radical (unpaired) electrons. The first-order valence-electron chi connectivity index (χ1n) is 7.01. The van der Waals surface area contributed by atoms with Gasteiger partial charge in [0, 0.05) is 17.5 Å². The van der Waals surface area contributed by atoms with Gasteiger partial charge in [0.1, 0.15) is 17.5 Å². The third-order valence-electron chi connectivity index (χ3n) is 3.58. The first-order valence-corrected chi connectivity index (χ1v) is 7.01. The molecular formula is C15H28N4. The van der Waals surface area contributed by atoms with E-state index >= 15 is 0 Å². The van der Waals surface area contributed by atoms with Crippen LogP contribution in [0.1, 0.15) is 52.9 Å². The Hall–Kier alpha value is -1.32. The van der Waals surface area contributed by atoms with Gasteiger partial charge in [-0.05, 0) is 18.8 Å². The highest BCUT2D eigenvalue weighted by Gasteiger charge is 2.20. The summed E-state index contributed by atoms with van der Waals surface area (Å²) in [5, 5.41) is 3.42. The second-order valence-corrected chi connectivity index (χ2v) is 6.76. The number of hydrogen-bond donors (Lipinski definition) is 2. The van der Waals surface area contributed by atoms with Crippen LogP contribution in [0.4, 0.5) is 11.6 Å². The molecule has 0 aliphatic carbocycles. The van der Waals surface area contributed by atoms with Crippen LogP contribution in [0.5, 0.6) is 0 Å². The zero-order valence-corrected chi connectivity index (χ0v) is 13.3. The van der Waals surface area contributed by atoms with Gasteiger partial charge >= 0.3 is 0 Å². The number of rotatable bonds is 4. The SMILES string of the molecule is Cc1c(N)nc(C(C)(C)C)nc1NCC(C)C(C)C. The van der Waals surface area contributed by atoms with E-state index in [0.717, 1.165) is 23.8 Å². The number of nitrogens with two attached hydrogens (primary N) is 1. The fourth-order valence-corrected chi connectivity index (χ4v) is 1.53.